The van der Waals surface area contributed by atoms with Crippen LogP contribution in [0.2, 0.25) is 0 Å². The maximum absolute atomic E-state index is 12.9. The maximum atomic E-state index is 12.9. The highest BCUT2D eigenvalue weighted by atomic mass is 32.1. The van der Waals surface area contributed by atoms with Gasteiger partial charge in [-0.05, 0) is 19.8 Å². The van der Waals surface area contributed by atoms with Crippen LogP contribution >= 0.6 is 11.3 Å². The van der Waals surface area contributed by atoms with Crippen molar-refractivity contribution in [1.29, 1.82) is 0 Å². The third-order valence-corrected chi connectivity index (χ3v) is 6.73. The summed E-state index contributed by atoms with van der Waals surface area (Å²) in [6.07, 6.45) is 3.95. The molecule has 1 amide bonds. The zero-order chi connectivity index (χ0) is 19.8. The minimum atomic E-state index is 0.0428. The van der Waals surface area contributed by atoms with Crippen molar-refractivity contribution in [2.24, 2.45) is 5.92 Å². The Labute approximate surface area is 173 Å². The molecule has 2 saturated heterocycles. The van der Waals surface area contributed by atoms with Gasteiger partial charge in [-0.2, -0.15) is 0 Å². The Morgan fingerprint density at radius 2 is 1.97 bits per heavy atom. The molecule has 2 aromatic heterocycles. The number of carbonyl (C=O) groups is 1. The number of carbonyl (C=O) groups excluding carboxylic acids is 1. The molecule has 4 heterocycles. The van der Waals surface area contributed by atoms with Gasteiger partial charge in [-0.15, -0.1) is 5.10 Å². The largest absolute Gasteiger partial charge is 0.378 e. The first-order chi connectivity index (χ1) is 14.2. The number of anilines is 1. The lowest BCUT2D eigenvalue weighted by atomic mass is 9.96. The molecular weight excluding hydrogens is 386 g/mol. The van der Waals surface area contributed by atoms with Crippen molar-refractivity contribution in [1.82, 2.24) is 19.5 Å². The maximum Gasteiger partial charge on any atom is 0.227 e. The van der Waals surface area contributed by atoms with Crippen LogP contribution in [0.3, 0.4) is 0 Å². The molecule has 0 aliphatic carbocycles. The van der Waals surface area contributed by atoms with Crippen LogP contribution in [-0.2, 0) is 9.53 Å². The number of fused-ring (bicyclic) bond motifs is 1. The number of morpholine rings is 1. The van der Waals surface area contributed by atoms with Gasteiger partial charge < -0.3 is 14.5 Å². The summed E-state index contributed by atoms with van der Waals surface area (Å²) in [6, 6.07) is 8.38. The topological polar surface area (TPSA) is 63.0 Å². The Morgan fingerprint density at radius 1 is 1.17 bits per heavy atom. The molecule has 1 aromatic carbocycles. The quantitative estimate of drug-likeness (QED) is 0.663. The SMILES string of the molecule is Cc1ccc(-c2cn3nc(N4CCC[C@H](C(=O)N5CCOCC5)C4)sc3n2)cc1. The first kappa shape index (κ1) is 18.6. The van der Waals surface area contributed by atoms with Crippen LogP contribution in [0.25, 0.3) is 16.2 Å². The van der Waals surface area contributed by atoms with Gasteiger partial charge in [0.15, 0.2) is 0 Å². The highest BCUT2D eigenvalue weighted by Gasteiger charge is 2.31. The van der Waals surface area contributed by atoms with E-state index in [1.165, 1.54) is 5.56 Å². The van der Waals surface area contributed by atoms with Crippen molar-refractivity contribution < 1.29 is 9.53 Å². The number of ether oxygens (including phenoxy) is 1. The van der Waals surface area contributed by atoms with Gasteiger partial charge in [0.05, 0.1) is 31.0 Å². The molecular formula is C21H25N5O2S. The highest BCUT2D eigenvalue weighted by molar-refractivity contribution is 7.20. The molecule has 0 saturated carbocycles. The first-order valence-electron chi connectivity index (χ1n) is 10.2. The minimum absolute atomic E-state index is 0.0428. The van der Waals surface area contributed by atoms with Crippen LogP contribution in [0.5, 0.6) is 0 Å². The number of imidazole rings is 1. The smallest absolute Gasteiger partial charge is 0.227 e. The van der Waals surface area contributed by atoms with Gasteiger partial charge in [-0.3, -0.25) is 4.79 Å². The number of hydrogen-bond donors (Lipinski definition) is 0. The second kappa shape index (κ2) is 7.76. The van der Waals surface area contributed by atoms with E-state index in [9.17, 15) is 4.79 Å². The first-order valence-corrected chi connectivity index (χ1v) is 11.0. The van der Waals surface area contributed by atoms with Gasteiger partial charge >= 0.3 is 0 Å². The molecule has 2 fully saturated rings. The molecule has 2 aliphatic heterocycles. The van der Waals surface area contributed by atoms with Crippen LogP contribution in [0.15, 0.2) is 30.5 Å². The van der Waals surface area contributed by atoms with Crippen LogP contribution in [0.4, 0.5) is 5.13 Å². The fourth-order valence-corrected chi connectivity index (χ4v) is 4.99. The third kappa shape index (κ3) is 3.74. The van der Waals surface area contributed by atoms with Crippen molar-refractivity contribution in [2.45, 2.75) is 19.8 Å². The molecule has 3 aromatic rings. The molecule has 1 atom stereocenters. The summed E-state index contributed by atoms with van der Waals surface area (Å²) in [5, 5.41) is 5.71. The average Bonchev–Trinajstić information content (AvgIpc) is 3.34. The molecule has 0 bridgehead atoms. The number of hydrogen-bond acceptors (Lipinski definition) is 6. The van der Waals surface area contributed by atoms with Crippen molar-refractivity contribution in [3.8, 4) is 11.3 Å². The van der Waals surface area contributed by atoms with E-state index >= 15 is 0 Å². The van der Waals surface area contributed by atoms with Crippen LogP contribution in [0.1, 0.15) is 18.4 Å². The summed E-state index contributed by atoms with van der Waals surface area (Å²) in [7, 11) is 0. The monoisotopic (exact) mass is 411 g/mol. The van der Waals surface area contributed by atoms with E-state index in [1.807, 2.05) is 15.6 Å². The Morgan fingerprint density at radius 3 is 2.72 bits per heavy atom. The Hall–Kier alpha value is -2.45. The Balaban J connectivity index is 1.31. The number of amides is 1. The lowest BCUT2D eigenvalue weighted by molar-refractivity contribution is -0.139. The third-order valence-electron chi connectivity index (χ3n) is 5.74. The fourth-order valence-electron chi connectivity index (χ4n) is 4.08. The van der Waals surface area contributed by atoms with Gasteiger partial charge in [0.2, 0.25) is 16.0 Å². The molecule has 152 valence electrons. The highest BCUT2D eigenvalue weighted by Crippen LogP contribution is 2.30. The van der Waals surface area contributed by atoms with E-state index in [4.69, 9.17) is 14.8 Å². The summed E-state index contributed by atoms with van der Waals surface area (Å²) in [5.41, 5.74) is 3.28. The predicted molar refractivity (Wildman–Crippen MR) is 113 cm³/mol. The minimum Gasteiger partial charge on any atom is -0.378 e. The Kier molecular flexibility index (Phi) is 4.97. The second-order valence-electron chi connectivity index (χ2n) is 7.83. The van der Waals surface area contributed by atoms with Crippen molar-refractivity contribution >= 4 is 27.3 Å². The number of benzene rings is 1. The summed E-state index contributed by atoms with van der Waals surface area (Å²) >= 11 is 1.59. The molecule has 7 nitrogen and oxygen atoms in total. The van der Waals surface area contributed by atoms with E-state index in [-0.39, 0.29) is 11.8 Å². The van der Waals surface area contributed by atoms with Crippen LogP contribution < -0.4 is 4.90 Å². The van der Waals surface area contributed by atoms with E-state index in [0.717, 1.165) is 47.3 Å². The van der Waals surface area contributed by atoms with Crippen molar-refractivity contribution in [3.05, 3.63) is 36.0 Å². The zero-order valence-corrected chi connectivity index (χ0v) is 17.4. The van der Waals surface area contributed by atoms with E-state index in [2.05, 4.69) is 36.1 Å². The predicted octanol–water partition coefficient (Wildman–Crippen LogP) is 2.84. The van der Waals surface area contributed by atoms with Crippen molar-refractivity contribution in [2.75, 3.05) is 44.3 Å². The summed E-state index contributed by atoms with van der Waals surface area (Å²) in [5.74, 6) is 0.308. The van der Waals surface area contributed by atoms with Gasteiger partial charge in [0, 0.05) is 31.7 Å². The van der Waals surface area contributed by atoms with Gasteiger partial charge in [0.25, 0.3) is 0 Å². The number of aryl methyl sites for hydroxylation is 1. The van der Waals surface area contributed by atoms with E-state index in [0.29, 0.717) is 26.3 Å². The van der Waals surface area contributed by atoms with Crippen LogP contribution in [-0.4, -0.2) is 64.8 Å². The summed E-state index contributed by atoms with van der Waals surface area (Å²) < 4.78 is 7.24. The zero-order valence-electron chi connectivity index (χ0n) is 16.6. The lowest BCUT2D eigenvalue weighted by Crippen LogP contribution is -2.48. The normalized spacial score (nSPS) is 20.4. The standard InChI is InChI=1S/C21H25N5O2S/c1-15-4-6-16(7-5-15)18-14-26-20(22-18)29-21(23-26)25-8-2-3-17(13-25)19(27)24-9-11-28-12-10-24/h4-7,14,17H,2-3,8-13H2,1H3/t17-/m0/s1. The van der Waals surface area contributed by atoms with Gasteiger partial charge in [-0.1, -0.05) is 41.2 Å². The lowest BCUT2D eigenvalue weighted by Gasteiger charge is -2.35. The molecule has 2 aliphatic rings. The summed E-state index contributed by atoms with van der Waals surface area (Å²) in [6.45, 7) is 6.47. The van der Waals surface area contributed by atoms with E-state index < -0.39 is 0 Å². The van der Waals surface area contributed by atoms with Gasteiger partial charge in [-0.25, -0.2) is 9.50 Å². The van der Waals surface area contributed by atoms with Crippen molar-refractivity contribution in [3.63, 3.8) is 0 Å². The van der Waals surface area contributed by atoms with E-state index in [1.54, 1.807) is 11.3 Å². The molecule has 29 heavy (non-hydrogen) atoms. The molecule has 0 unspecified atom stereocenters. The molecule has 8 heteroatoms. The molecule has 0 N–H and O–H groups in total. The Bertz CT molecular complexity index is 974. The summed E-state index contributed by atoms with van der Waals surface area (Å²) in [4.78, 5) is 22.7. The molecule has 0 spiro atoms. The number of rotatable bonds is 3. The number of aromatic nitrogens is 3. The number of piperidine rings is 1. The molecule has 0 radical (unpaired) electrons. The average molecular weight is 412 g/mol. The van der Waals surface area contributed by atoms with Crippen LogP contribution in [0, 0.1) is 12.8 Å². The fraction of sp³-hybridized carbons (Fsp3) is 0.476. The molecule has 5 rings (SSSR count). The van der Waals surface area contributed by atoms with Gasteiger partial charge in [0.1, 0.15) is 0 Å². The number of nitrogens with zero attached hydrogens (tertiary/aromatic N) is 5. The second-order valence-corrected chi connectivity index (χ2v) is 8.76.